The Hall–Kier alpha value is -3.86. The SMILES string of the molecule is Clc1ccc2nc(-c3ccc(C=Cc4ccc(-c5nc6ccc(Cl)cc6o5)cc4)cc3)oc2c1. The smallest absolute Gasteiger partial charge is 0.227 e. The number of halogens is 2. The summed E-state index contributed by atoms with van der Waals surface area (Å²) in [6.45, 7) is 0. The van der Waals surface area contributed by atoms with Gasteiger partial charge in [-0.1, -0.05) is 59.6 Å². The molecular formula is C28H16Cl2N2O2. The lowest BCUT2D eigenvalue weighted by molar-refractivity contribution is 0.619. The van der Waals surface area contributed by atoms with Gasteiger partial charge in [0, 0.05) is 33.3 Å². The molecule has 164 valence electrons. The van der Waals surface area contributed by atoms with Gasteiger partial charge in [-0.15, -0.1) is 0 Å². The zero-order valence-electron chi connectivity index (χ0n) is 17.7. The second kappa shape index (κ2) is 8.49. The minimum atomic E-state index is 0.574. The summed E-state index contributed by atoms with van der Waals surface area (Å²) < 4.78 is 11.7. The molecule has 2 aromatic heterocycles. The van der Waals surface area contributed by atoms with Gasteiger partial charge in [-0.2, -0.15) is 0 Å². The molecule has 0 aliphatic heterocycles. The first-order chi connectivity index (χ1) is 16.6. The fraction of sp³-hybridized carbons (Fsp3) is 0. The molecule has 0 bridgehead atoms. The van der Waals surface area contributed by atoms with Crippen LogP contribution in [-0.4, -0.2) is 9.97 Å². The van der Waals surface area contributed by atoms with Gasteiger partial charge in [0.2, 0.25) is 11.8 Å². The summed E-state index contributed by atoms with van der Waals surface area (Å²) in [6, 6.07) is 27.0. The molecule has 0 spiro atoms. The standard InChI is InChI=1S/C28H16Cl2N2O2/c29-21-11-13-23-25(15-21)33-27(31-23)19-7-3-17(4-8-19)1-2-18-5-9-20(10-6-18)28-32-24-14-12-22(30)16-26(24)34-28/h1-16H. The molecule has 0 fully saturated rings. The predicted molar refractivity (Wildman–Crippen MR) is 138 cm³/mol. The van der Waals surface area contributed by atoms with Crippen LogP contribution in [0.3, 0.4) is 0 Å². The highest BCUT2D eigenvalue weighted by atomic mass is 35.5. The van der Waals surface area contributed by atoms with Crippen molar-refractivity contribution in [1.29, 1.82) is 0 Å². The number of fused-ring (bicyclic) bond motifs is 2. The third-order valence-corrected chi connectivity index (χ3v) is 5.95. The van der Waals surface area contributed by atoms with E-state index in [1.807, 2.05) is 60.7 Å². The van der Waals surface area contributed by atoms with Crippen molar-refractivity contribution in [2.24, 2.45) is 0 Å². The third kappa shape index (κ3) is 4.10. The van der Waals surface area contributed by atoms with E-state index < -0.39 is 0 Å². The van der Waals surface area contributed by atoms with Crippen LogP contribution < -0.4 is 0 Å². The zero-order chi connectivity index (χ0) is 23.1. The maximum absolute atomic E-state index is 6.03. The van der Waals surface area contributed by atoms with Gasteiger partial charge >= 0.3 is 0 Å². The molecule has 34 heavy (non-hydrogen) atoms. The van der Waals surface area contributed by atoms with E-state index in [-0.39, 0.29) is 0 Å². The van der Waals surface area contributed by atoms with Crippen LogP contribution in [0.2, 0.25) is 10.0 Å². The summed E-state index contributed by atoms with van der Waals surface area (Å²) in [5, 5.41) is 1.25. The lowest BCUT2D eigenvalue weighted by Crippen LogP contribution is -1.79. The van der Waals surface area contributed by atoms with Gasteiger partial charge in [0.25, 0.3) is 0 Å². The van der Waals surface area contributed by atoms with Crippen molar-refractivity contribution >= 4 is 57.6 Å². The molecule has 0 aliphatic rings. The highest BCUT2D eigenvalue weighted by Crippen LogP contribution is 2.28. The molecule has 0 aliphatic carbocycles. The molecule has 4 aromatic carbocycles. The Morgan fingerprint density at radius 2 is 0.941 bits per heavy atom. The number of aromatic nitrogens is 2. The number of oxazole rings is 2. The van der Waals surface area contributed by atoms with Crippen LogP contribution >= 0.6 is 23.2 Å². The first-order valence-electron chi connectivity index (χ1n) is 10.6. The summed E-state index contributed by atoms with van der Waals surface area (Å²) in [4.78, 5) is 9.07. The normalized spacial score (nSPS) is 11.7. The highest BCUT2D eigenvalue weighted by Gasteiger charge is 2.09. The maximum Gasteiger partial charge on any atom is 0.227 e. The number of rotatable bonds is 4. The Kier molecular flexibility index (Phi) is 5.17. The van der Waals surface area contributed by atoms with Crippen molar-refractivity contribution < 1.29 is 8.83 Å². The third-order valence-electron chi connectivity index (χ3n) is 5.48. The van der Waals surface area contributed by atoms with Crippen molar-refractivity contribution in [2.75, 3.05) is 0 Å². The Morgan fingerprint density at radius 1 is 0.529 bits per heavy atom. The first-order valence-corrected chi connectivity index (χ1v) is 11.4. The van der Waals surface area contributed by atoms with Gasteiger partial charge in [-0.25, -0.2) is 9.97 Å². The van der Waals surface area contributed by atoms with E-state index in [1.54, 1.807) is 24.3 Å². The van der Waals surface area contributed by atoms with Gasteiger partial charge in [-0.3, -0.25) is 0 Å². The summed E-state index contributed by atoms with van der Waals surface area (Å²) in [7, 11) is 0. The van der Waals surface area contributed by atoms with Gasteiger partial charge in [0.1, 0.15) is 11.0 Å². The topological polar surface area (TPSA) is 52.1 Å². The summed E-state index contributed by atoms with van der Waals surface area (Å²) in [5.74, 6) is 1.15. The fourth-order valence-corrected chi connectivity index (χ4v) is 4.03. The van der Waals surface area contributed by atoms with Gasteiger partial charge in [0.15, 0.2) is 11.2 Å². The average Bonchev–Trinajstić information content (AvgIpc) is 3.47. The van der Waals surface area contributed by atoms with Crippen molar-refractivity contribution in [2.45, 2.75) is 0 Å². The number of nitrogens with zero attached hydrogens (tertiary/aromatic N) is 2. The lowest BCUT2D eigenvalue weighted by atomic mass is 10.1. The summed E-state index contributed by atoms with van der Waals surface area (Å²) in [5.41, 5.74) is 6.89. The Bertz CT molecular complexity index is 1540. The Morgan fingerprint density at radius 3 is 1.35 bits per heavy atom. The molecule has 0 N–H and O–H groups in total. The Labute approximate surface area is 205 Å². The zero-order valence-corrected chi connectivity index (χ0v) is 19.2. The molecule has 0 saturated carbocycles. The highest BCUT2D eigenvalue weighted by molar-refractivity contribution is 6.31. The van der Waals surface area contributed by atoms with Gasteiger partial charge in [0.05, 0.1) is 0 Å². The van der Waals surface area contributed by atoms with Crippen LogP contribution in [0.5, 0.6) is 0 Å². The molecule has 0 saturated heterocycles. The molecule has 4 nitrogen and oxygen atoms in total. The van der Waals surface area contributed by atoms with E-state index in [0.717, 1.165) is 33.3 Å². The van der Waals surface area contributed by atoms with E-state index in [1.165, 1.54) is 0 Å². The number of benzene rings is 4. The monoisotopic (exact) mass is 482 g/mol. The summed E-state index contributed by atoms with van der Waals surface area (Å²) >= 11 is 12.1. The van der Waals surface area contributed by atoms with Crippen LogP contribution in [0, 0.1) is 0 Å². The quantitative estimate of drug-likeness (QED) is 0.235. The first kappa shape index (κ1) is 20.7. The van der Waals surface area contributed by atoms with E-state index in [9.17, 15) is 0 Å². The largest absolute Gasteiger partial charge is 0.436 e. The molecule has 0 atom stereocenters. The van der Waals surface area contributed by atoms with Crippen LogP contribution in [-0.2, 0) is 0 Å². The van der Waals surface area contributed by atoms with Crippen molar-refractivity contribution in [3.8, 4) is 22.9 Å². The van der Waals surface area contributed by atoms with Crippen LogP contribution in [0.25, 0.3) is 57.3 Å². The second-order valence-electron chi connectivity index (χ2n) is 7.84. The molecule has 6 heteroatoms. The number of hydrogen-bond donors (Lipinski definition) is 0. The molecule has 0 radical (unpaired) electrons. The fourth-order valence-electron chi connectivity index (χ4n) is 3.71. The second-order valence-corrected chi connectivity index (χ2v) is 8.71. The predicted octanol–water partition coefficient (Wildman–Crippen LogP) is 8.78. The number of hydrogen-bond acceptors (Lipinski definition) is 4. The minimum Gasteiger partial charge on any atom is -0.436 e. The molecule has 6 aromatic rings. The molecule has 0 unspecified atom stereocenters. The van der Waals surface area contributed by atoms with E-state index in [2.05, 4.69) is 22.1 Å². The molecular weight excluding hydrogens is 467 g/mol. The minimum absolute atomic E-state index is 0.574. The summed E-state index contributed by atoms with van der Waals surface area (Å²) in [6.07, 6.45) is 4.12. The average molecular weight is 483 g/mol. The van der Waals surface area contributed by atoms with Crippen LogP contribution in [0.15, 0.2) is 93.8 Å². The van der Waals surface area contributed by atoms with E-state index >= 15 is 0 Å². The van der Waals surface area contributed by atoms with Crippen molar-refractivity contribution in [3.05, 3.63) is 106 Å². The lowest BCUT2D eigenvalue weighted by Gasteiger charge is -1.99. The Balaban J connectivity index is 1.18. The van der Waals surface area contributed by atoms with E-state index in [4.69, 9.17) is 32.0 Å². The van der Waals surface area contributed by atoms with Gasteiger partial charge in [-0.05, 0) is 59.7 Å². The molecule has 6 rings (SSSR count). The van der Waals surface area contributed by atoms with Crippen molar-refractivity contribution in [1.82, 2.24) is 9.97 Å². The van der Waals surface area contributed by atoms with Crippen LogP contribution in [0.1, 0.15) is 11.1 Å². The van der Waals surface area contributed by atoms with Crippen molar-refractivity contribution in [3.63, 3.8) is 0 Å². The molecule has 0 amide bonds. The molecule has 2 heterocycles. The maximum atomic E-state index is 6.03. The van der Waals surface area contributed by atoms with E-state index in [0.29, 0.717) is 33.0 Å². The van der Waals surface area contributed by atoms with Gasteiger partial charge < -0.3 is 8.83 Å². The van der Waals surface area contributed by atoms with Crippen LogP contribution in [0.4, 0.5) is 0 Å².